The number of carbonyl (C=O) groups excluding carboxylic acids is 3. The van der Waals surface area contributed by atoms with E-state index in [0.29, 0.717) is 39.0 Å². The van der Waals surface area contributed by atoms with Crippen LogP contribution in [0.4, 0.5) is 0 Å². The number of rotatable bonds is 18. The smallest absolute Gasteiger partial charge is 0.239 e. The summed E-state index contributed by atoms with van der Waals surface area (Å²) in [6, 6.07) is 0. The summed E-state index contributed by atoms with van der Waals surface area (Å²) in [7, 11) is 0. The van der Waals surface area contributed by atoms with Crippen molar-refractivity contribution in [2.75, 3.05) is 32.7 Å². The third kappa shape index (κ3) is 18.9. The van der Waals surface area contributed by atoms with E-state index >= 15 is 0 Å². The quantitative estimate of drug-likeness (QED) is 0.219. The van der Waals surface area contributed by atoms with E-state index in [9.17, 15) is 14.4 Å². The minimum absolute atomic E-state index is 0.0172. The number of hydrogen-bond acceptors (Lipinski definition) is 5. The van der Waals surface area contributed by atoms with Crippen LogP contribution in [0.15, 0.2) is 0 Å². The molecular formula is C19H39N5O3. The molecule has 0 saturated heterocycles. The van der Waals surface area contributed by atoms with E-state index in [2.05, 4.69) is 16.0 Å². The SMILES string of the molecule is NCCCCCCNC(=O)CCCC(=O)NCC(=O)NCCCCCCN. The number of amides is 3. The van der Waals surface area contributed by atoms with Gasteiger partial charge in [0.1, 0.15) is 0 Å². The van der Waals surface area contributed by atoms with Gasteiger partial charge in [0.2, 0.25) is 17.7 Å². The number of hydrogen-bond donors (Lipinski definition) is 5. The lowest BCUT2D eigenvalue weighted by atomic mass is 10.2. The molecule has 0 bridgehead atoms. The average Bonchev–Trinajstić information content (AvgIpc) is 2.65. The van der Waals surface area contributed by atoms with Crippen LogP contribution in [0.2, 0.25) is 0 Å². The van der Waals surface area contributed by atoms with Gasteiger partial charge in [-0.25, -0.2) is 0 Å². The molecular weight excluding hydrogens is 346 g/mol. The predicted molar refractivity (Wildman–Crippen MR) is 108 cm³/mol. The maximum Gasteiger partial charge on any atom is 0.239 e. The molecule has 7 N–H and O–H groups in total. The molecule has 8 heteroatoms. The zero-order chi connectivity index (χ0) is 20.2. The zero-order valence-electron chi connectivity index (χ0n) is 16.7. The van der Waals surface area contributed by atoms with Gasteiger partial charge >= 0.3 is 0 Å². The first-order chi connectivity index (χ1) is 13.1. The third-order valence-corrected chi connectivity index (χ3v) is 4.16. The Morgan fingerprint density at radius 3 is 1.48 bits per heavy atom. The first-order valence-corrected chi connectivity index (χ1v) is 10.3. The predicted octanol–water partition coefficient (Wildman–Crippen LogP) is 0.544. The summed E-state index contributed by atoms with van der Waals surface area (Å²) in [5.74, 6) is -0.425. The molecule has 0 aromatic carbocycles. The fraction of sp³-hybridized carbons (Fsp3) is 0.842. The number of carbonyl (C=O) groups is 3. The molecule has 0 heterocycles. The normalized spacial score (nSPS) is 10.4. The van der Waals surface area contributed by atoms with Crippen molar-refractivity contribution in [3.63, 3.8) is 0 Å². The van der Waals surface area contributed by atoms with Gasteiger partial charge in [-0.2, -0.15) is 0 Å². The van der Waals surface area contributed by atoms with E-state index in [1.165, 1.54) is 0 Å². The monoisotopic (exact) mass is 385 g/mol. The van der Waals surface area contributed by atoms with E-state index in [-0.39, 0.29) is 30.7 Å². The standard InChI is InChI=1S/C19H39N5O3/c20-12-5-1-3-7-14-22-17(25)10-9-11-18(26)24-16-19(27)23-15-8-4-2-6-13-21/h1-16,20-21H2,(H,22,25)(H,23,27)(H,24,26). The minimum Gasteiger partial charge on any atom is -0.356 e. The van der Waals surface area contributed by atoms with Gasteiger partial charge in [-0.3, -0.25) is 14.4 Å². The topological polar surface area (TPSA) is 139 Å². The Labute approximate surface area is 163 Å². The van der Waals surface area contributed by atoms with Crippen molar-refractivity contribution in [2.45, 2.75) is 70.6 Å². The second kappa shape index (κ2) is 19.1. The second-order valence-corrected chi connectivity index (χ2v) is 6.74. The highest BCUT2D eigenvalue weighted by molar-refractivity contribution is 5.85. The zero-order valence-corrected chi connectivity index (χ0v) is 16.7. The average molecular weight is 386 g/mol. The van der Waals surface area contributed by atoms with Gasteiger partial charge in [0.15, 0.2) is 0 Å². The van der Waals surface area contributed by atoms with Gasteiger partial charge in [0.05, 0.1) is 6.54 Å². The molecule has 27 heavy (non-hydrogen) atoms. The molecule has 0 aliphatic carbocycles. The molecule has 0 spiro atoms. The Kier molecular flexibility index (Phi) is 17.9. The first-order valence-electron chi connectivity index (χ1n) is 10.3. The highest BCUT2D eigenvalue weighted by Crippen LogP contribution is 1.99. The molecule has 8 nitrogen and oxygen atoms in total. The molecule has 0 radical (unpaired) electrons. The summed E-state index contributed by atoms with van der Waals surface area (Å²) in [6.45, 7) is 2.69. The lowest BCUT2D eigenvalue weighted by Gasteiger charge is -2.07. The molecule has 0 aliphatic heterocycles. The first kappa shape index (κ1) is 25.3. The van der Waals surface area contributed by atoms with Gasteiger partial charge in [-0.1, -0.05) is 25.7 Å². The number of nitrogens with one attached hydrogen (secondary N) is 3. The van der Waals surface area contributed by atoms with E-state index in [1.807, 2.05) is 0 Å². The molecule has 0 aromatic heterocycles. The summed E-state index contributed by atoms with van der Waals surface area (Å²) < 4.78 is 0. The summed E-state index contributed by atoms with van der Waals surface area (Å²) in [5.41, 5.74) is 10.8. The lowest BCUT2D eigenvalue weighted by Crippen LogP contribution is -2.37. The van der Waals surface area contributed by atoms with E-state index < -0.39 is 0 Å². The van der Waals surface area contributed by atoms with Crippen molar-refractivity contribution in [2.24, 2.45) is 11.5 Å². The molecule has 0 fully saturated rings. The van der Waals surface area contributed by atoms with Gasteiger partial charge < -0.3 is 27.4 Å². The van der Waals surface area contributed by atoms with Crippen LogP contribution in [-0.2, 0) is 14.4 Å². The Hall–Kier alpha value is -1.67. The summed E-state index contributed by atoms with van der Waals surface area (Å²) >= 11 is 0. The van der Waals surface area contributed by atoms with Crippen molar-refractivity contribution in [1.29, 1.82) is 0 Å². The van der Waals surface area contributed by atoms with Crippen molar-refractivity contribution < 1.29 is 14.4 Å². The largest absolute Gasteiger partial charge is 0.356 e. The molecule has 0 atom stereocenters. The molecule has 0 rings (SSSR count). The Morgan fingerprint density at radius 2 is 0.963 bits per heavy atom. The van der Waals surface area contributed by atoms with Gasteiger partial charge in [0.25, 0.3) is 0 Å². The molecule has 0 aliphatic rings. The maximum atomic E-state index is 11.7. The number of nitrogens with two attached hydrogens (primary N) is 2. The van der Waals surface area contributed by atoms with E-state index in [0.717, 1.165) is 51.4 Å². The maximum absolute atomic E-state index is 11.7. The van der Waals surface area contributed by atoms with E-state index in [1.54, 1.807) is 0 Å². The minimum atomic E-state index is -0.206. The Morgan fingerprint density at radius 1 is 0.519 bits per heavy atom. The fourth-order valence-corrected chi connectivity index (χ4v) is 2.53. The molecule has 158 valence electrons. The molecule has 0 unspecified atom stereocenters. The van der Waals surface area contributed by atoms with Crippen LogP contribution < -0.4 is 27.4 Å². The second-order valence-electron chi connectivity index (χ2n) is 6.74. The van der Waals surface area contributed by atoms with E-state index in [4.69, 9.17) is 11.5 Å². The summed E-state index contributed by atoms with van der Waals surface area (Å²) in [5, 5.41) is 8.21. The van der Waals surface area contributed by atoms with Crippen molar-refractivity contribution in [3.8, 4) is 0 Å². The van der Waals surface area contributed by atoms with Crippen LogP contribution in [0.25, 0.3) is 0 Å². The Bertz CT molecular complexity index is 405. The van der Waals surface area contributed by atoms with Crippen LogP contribution >= 0.6 is 0 Å². The van der Waals surface area contributed by atoms with Crippen molar-refractivity contribution >= 4 is 17.7 Å². The van der Waals surface area contributed by atoms with Crippen LogP contribution in [0, 0.1) is 0 Å². The van der Waals surface area contributed by atoms with Gasteiger partial charge in [-0.05, 0) is 45.2 Å². The van der Waals surface area contributed by atoms with Crippen molar-refractivity contribution in [3.05, 3.63) is 0 Å². The van der Waals surface area contributed by atoms with Crippen LogP contribution in [0.3, 0.4) is 0 Å². The van der Waals surface area contributed by atoms with Crippen LogP contribution in [0.5, 0.6) is 0 Å². The fourth-order valence-electron chi connectivity index (χ4n) is 2.53. The molecule has 3 amide bonds. The van der Waals surface area contributed by atoms with Crippen LogP contribution in [-0.4, -0.2) is 50.4 Å². The molecule has 0 saturated carbocycles. The van der Waals surface area contributed by atoms with Crippen LogP contribution in [0.1, 0.15) is 70.6 Å². The lowest BCUT2D eigenvalue weighted by molar-refractivity contribution is -0.126. The Balaban J connectivity index is 3.49. The highest BCUT2D eigenvalue weighted by atomic mass is 16.2. The van der Waals surface area contributed by atoms with Gasteiger partial charge in [-0.15, -0.1) is 0 Å². The number of unbranched alkanes of at least 4 members (excludes halogenated alkanes) is 6. The molecule has 0 aromatic rings. The van der Waals surface area contributed by atoms with Crippen molar-refractivity contribution in [1.82, 2.24) is 16.0 Å². The summed E-state index contributed by atoms with van der Waals surface area (Å²) in [4.78, 5) is 35.0. The van der Waals surface area contributed by atoms with Gasteiger partial charge in [0, 0.05) is 25.9 Å². The third-order valence-electron chi connectivity index (χ3n) is 4.16. The summed E-state index contributed by atoms with van der Waals surface area (Å²) in [6.07, 6.45) is 9.23. The highest BCUT2D eigenvalue weighted by Gasteiger charge is 2.07.